The second-order valence-corrected chi connectivity index (χ2v) is 20.1. The van der Waals surface area contributed by atoms with Crippen LogP contribution in [-0.4, -0.2) is 49.1 Å². The van der Waals surface area contributed by atoms with E-state index < -0.39 is 35.9 Å². The van der Waals surface area contributed by atoms with E-state index in [4.69, 9.17) is 22.1 Å². The Hall–Kier alpha value is 0.668. The van der Waals surface area contributed by atoms with E-state index in [-0.39, 0.29) is 0 Å². The van der Waals surface area contributed by atoms with Crippen LogP contribution < -0.4 is 0 Å². The lowest BCUT2D eigenvalue weighted by Gasteiger charge is -2.35. The maximum atomic E-state index is 6.46. The predicted molar refractivity (Wildman–Crippen MR) is 139 cm³/mol. The molecule has 182 valence electrons. The molecule has 0 radical (unpaired) electrons. The van der Waals surface area contributed by atoms with Crippen molar-refractivity contribution in [2.75, 3.05) is 13.2 Å². The van der Waals surface area contributed by atoms with Gasteiger partial charge in [-0.25, -0.2) is 9.78 Å². The fourth-order valence-corrected chi connectivity index (χ4v) is 16.3. The van der Waals surface area contributed by atoms with Crippen molar-refractivity contribution < 1.29 is 22.1 Å². The van der Waals surface area contributed by atoms with Crippen LogP contribution in [0.2, 0.25) is 45.3 Å². The largest absolute Gasteiger partial charge is 0.468 e. The first kappa shape index (κ1) is 30.7. The third kappa shape index (κ3) is 19.4. The van der Waals surface area contributed by atoms with Crippen molar-refractivity contribution in [2.24, 2.45) is 0 Å². The normalized spacial score (nSPS) is 12.6. The molecule has 0 bridgehead atoms. The van der Waals surface area contributed by atoms with Gasteiger partial charge in [0, 0.05) is 6.04 Å². The lowest BCUT2D eigenvalue weighted by atomic mass is 10.1. The molecular formula is C21H52O5Si4. The minimum Gasteiger partial charge on any atom is -0.420 e. The van der Waals surface area contributed by atoms with Gasteiger partial charge in [0.05, 0.1) is 13.2 Å². The van der Waals surface area contributed by atoms with Crippen molar-refractivity contribution in [1.82, 2.24) is 0 Å². The Kier molecular flexibility index (Phi) is 20.7. The Balaban J connectivity index is 3.83. The summed E-state index contributed by atoms with van der Waals surface area (Å²) >= 11 is 0. The van der Waals surface area contributed by atoms with Gasteiger partial charge in [-0.1, -0.05) is 58.3 Å². The van der Waals surface area contributed by atoms with E-state index in [9.17, 15) is 0 Å². The number of rotatable bonds is 22. The Morgan fingerprint density at radius 2 is 0.867 bits per heavy atom. The summed E-state index contributed by atoms with van der Waals surface area (Å²) in [5, 5.41) is 0. The van der Waals surface area contributed by atoms with E-state index in [0.717, 1.165) is 38.5 Å². The van der Waals surface area contributed by atoms with E-state index in [1.54, 1.807) is 0 Å². The Morgan fingerprint density at radius 3 is 1.27 bits per heavy atom. The van der Waals surface area contributed by atoms with Gasteiger partial charge in [-0.05, 0) is 58.5 Å². The lowest BCUT2D eigenvalue weighted by molar-refractivity contribution is -0.295. The minimum atomic E-state index is -2.43. The monoisotopic (exact) mass is 496 g/mol. The molecule has 0 spiro atoms. The fourth-order valence-electron chi connectivity index (χ4n) is 3.40. The van der Waals surface area contributed by atoms with Crippen LogP contribution in [0.1, 0.15) is 77.6 Å². The Bertz CT molecular complexity index is 347. The molecule has 0 amide bonds. The summed E-state index contributed by atoms with van der Waals surface area (Å²) in [6.45, 7) is 17.1. The van der Waals surface area contributed by atoms with Crippen LogP contribution in [0, 0.1) is 0 Å². The number of hydrogen-bond acceptors (Lipinski definition) is 5. The first-order chi connectivity index (χ1) is 14.3. The van der Waals surface area contributed by atoms with E-state index in [1.165, 1.54) is 51.4 Å². The quantitative estimate of drug-likeness (QED) is 0.0774. The number of unbranched alkanes of at least 4 members (excludes halogenated alkanes) is 9. The van der Waals surface area contributed by atoms with Crippen LogP contribution in [0.4, 0.5) is 0 Å². The smallest absolute Gasteiger partial charge is 0.420 e. The van der Waals surface area contributed by atoms with Crippen LogP contribution in [0.3, 0.4) is 0 Å². The molecule has 0 aromatic heterocycles. The van der Waals surface area contributed by atoms with E-state index in [2.05, 4.69) is 46.2 Å². The molecule has 0 saturated carbocycles. The summed E-state index contributed by atoms with van der Waals surface area (Å²) in [5.74, 6) is 0. The van der Waals surface area contributed by atoms with E-state index in [0.29, 0.717) is 0 Å². The highest BCUT2D eigenvalue weighted by Crippen LogP contribution is 2.23. The first-order valence-corrected chi connectivity index (χ1v) is 22.9. The Labute approximate surface area is 194 Å². The molecule has 0 aliphatic rings. The third-order valence-corrected chi connectivity index (χ3v) is 15.6. The van der Waals surface area contributed by atoms with Gasteiger partial charge in [0.25, 0.3) is 0 Å². The summed E-state index contributed by atoms with van der Waals surface area (Å²) in [6.07, 6.45) is 13.7. The van der Waals surface area contributed by atoms with Crippen molar-refractivity contribution in [2.45, 2.75) is 123 Å². The lowest BCUT2D eigenvalue weighted by Crippen LogP contribution is -2.53. The standard InChI is InChI=1S/C21H52O5Si4/c1-8-9-19-22-23-20-17-15-13-11-10-12-14-16-18-21-30(24-27(2)3,25-28(4)5)26-29(6)7/h27-29H,8-21H2,1-7H3. The molecule has 0 saturated heterocycles. The molecule has 0 aromatic rings. The van der Waals surface area contributed by atoms with E-state index >= 15 is 0 Å². The molecule has 0 aliphatic heterocycles. The molecule has 0 aromatic carbocycles. The van der Waals surface area contributed by atoms with Crippen molar-refractivity contribution in [1.29, 1.82) is 0 Å². The van der Waals surface area contributed by atoms with Gasteiger partial charge >= 0.3 is 8.80 Å². The van der Waals surface area contributed by atoms with Crippen molar-refractivity contribution >= 4 is 35.9 Å². The van der Waals surface area contributed by atoms with Gasteiger partial charge in [-0.15, -0.1) is 0 Å². The summed E-state index contributed by atoms with van der Waals surface area (Å²) in [6, 6.07) is 1.02. The molecule has 0 aliphatic carbocycles. The van der Waals surface area contributed by atoms with Crippen LogP contribution in [-0.2, 0) is 22.1 Å². The topological polar surface area (TPSA) is 46.2 Å². The van der Waals surface area contributed by atoms with Gasteiger partial charge in [-0.3, -0.25) is 0 Å². The van der Waals surface area contributed by atoms with Crippen LogP contribution in [0.15, 0.2) is 0 Å². The van der Waals surface area contributed by atoms with Gasteiger partial charge in [0.2, 0.25) is 0 Å². The third-order valence-electron chi connectivity index (χ3n) is 4.62. The first-order valence-electron chi connectivity index (χ1n) is 12.6. The Morgan fingerprint density at radius 1 is 0.500 bits per heavy atom. The minimum absolute atomic E-state index is 0.725. The van der Waals surface area contributed by atoms with Crippen LogP contribution >= 0.6 is 0 Å². The second kappa shape index (κ2) is 20.3. The molecule has 0 atom stereocenters. The van der Waals surface area contributed by atoms with Gasteiger partial charge in [0.15, 0.2) is 27.1 Å². The van der Waals surface area contributed by atoms with Gasteiger partial charge in [0.1, 0.15) is 0 Å². The molecule has 5 nitrogen and oxygen atoms in total. The molecule has 0 fully saturated rings. The average molecular weight is 497 g/mol. The fraction of sp³-hybridized carbons (Fsp3) is 1.00. The molecule has 30 heavy (non-hydrogen) atoms. The maximum Gasteiger partial charge on any atom is 0.468 e. The van der Waals surface area contributed by atoms with Gasteiger partial charge < -0.3 is 12.3 Å². The van der Waals surface area contributed by atoms with Crippen LogP contribution in [0.25, 0.3) is 0 Å². The highest BCUT2D eigenvalue weighted by molar-refractivity contribution is 6.79. The molecule has 9 heteroatoms. The second-order valence-electron chi connectivity index (χ2n) is 9.11. The summed E-state index contributed by atoms with van der Waals surface area (Å²) < 4.78 is 19.4. The molecule has 0 rings (SSSR count). The van der Waals surface area contributed by atoms with E-state index in [1.807, 2.05) is 0 Å². The summed E-state index contributed by atoms with van der Waals surface area (Å²) in [5.41, 5.74) is 0. The maximum absolute atomic E-state index is 6.46. The number of hydrogen-bond donors (Lipinski definition) is 0. The molecule has 0 unspecified atom stereocenters. The van der Waals surface area contributed by atoms with Gasteiger partial charge in [-0.2, -0.15) is 0 Å². The van der Waals surface area contributed by atoms with Crippen molar-refractivity contribution in [3.05, 3.63) is 0 Å². The van der Waals surface area contributed by atoms with Crippen molar-refractivity contribution in [3.63, 3.8) is 0 Å². The average Bonchev–Trinajstić information content (AvgIpc) is 2.63. The molecule has 0 N–H and O–H groups in total. The highest BCUT2D eigenvalue weighted by Gasteiger charge is 2.42. The SMILES string of the molecule is CCCCOOCCCCCCCCCCC[Si](O[SiH](C)C)(O[SiH](C)C)O[SiH](C)C. The molecule has 0 heterocycles. The molecular weight excluding hydrogens is 445 g/mol. The van der Waals surface area contributed by atoms with Crippen LogP contribution in [0.5, 0.6) is 0 Å². The summed E-state index contributed by atoms with van der Waals surface area (Å²) in [4.78, 5) is 10.3. The summed E-state index contributed by atoms with van der Waals surface area (Å²) in [7, 11) is -5.93. The predicted octanol–water partition coefficient (Wildman–Crippen LogP) is 6.18. The zero-order valence-electron chi connectivity index (χ0n) is 21.2. The zero-order chi connectivity index (χ0) is 22.7. The zero-order valence-corrected chi connectivity index (χ0v) is 25.6. The highest BCUT2D eigenvalue weighted by atomic mass is 28.5. The van der Waals surface area contributed by atoms with Crippen molar-refractivity contribution in [3.8, 4) is 0 Å².